The Kier molecular flexibility index (Phi) is 5.16. The fourth-order valence-corrected chi connectivity index (χ4v) is 2.93. The maximum absolute atomic E-state index is 5.90. The van der Waals surface area contributed by atoms with E-state index in [0.29, 0.717) is 6.04 Å². The summed E-state index contributed by atoms with van der Waals surface area (Å²) in [5.74, 6) is 0. The second kappa shape index (κ2) is 6.87. The van der Waals surface area contributed by atoms with Crippen LogP contribution < -0.4 is 10.6 Å². The molecule has 106 valence electrons. The van der Waals surface area contributed by atoms with E-state index in [2.05, 4.69) is 34.7 Å². The van der Waals surface area contributed by atoms with Crippen LogP contribution in [-0.2, 0) is 0 Å². The minimum atomic E-state index is 0.561. The molecule has 4 nitrogen and oxygen atoms in total. The summed E-state index contributed by atoms with van der Waals surface area (Å²) < 4.78 is 0. The third kappa shape index (κ3) is 3.45. The van der Waals surface area contributed by atoms with Crippen molar-refractivity contribution in [1.82, 2.24) is 9.88 Å². The minimum absolute atomic E-state index is 0.561. The van der Waals surface area contributed by atoms with Crippen molar-refractivity contribution in [1.29, 1.82) is 0 Å². The maximum Gasteiger partial charge on any atom is 0.0427 e. The molecule has 1 aromatic heterocycles. The Labute approximate surface area is 116 Å². The molecule has 0 aromatic carbocycles. The third-order valence-corrected chi connectivity index (χ3v) is 4.06. The van der Waals surface area contributed by atoms with Gasteiger partial charge in [-0.1, -0.05) is 13.3 Å². The Morgan fingerprint density at radius 2 is 2.05 bits per heavy atom. The van der Waals surface area contributed by atoms with E-state index in [-0.39, 0.29) is 0 Å². The van der Waals surface area contributed by atoms with E-state index in [1.54, 1.807) is 0 Å². The van der Waals surface area contributed by atoms with E-state index in [4.69, 9.17) is 5.73 Å². The molecule has 0 bridgehead atoms. The second-order valence-electron chi connectivity index (χ2n) is 5.36. The lowest BCUT2D eigenvalue weighted by Crippen LogP contribution is -2.52. The number of nitrogens with zero attached hydrogens (tertiary/aromatic N) is 3. The van der Waals surface area contributed by atoms with Gasteiger partial charge in [-0.15, -0.1) is 0 Å². The molecule has 1 fully saturated rings. The van der Waals surface area contributed by atoms with Crippen LogP contribution in [0.2, 0.25) is 0 Å². The van der Waals surface area contributed by atoms with Crippen LogP contribution in [0, 0.1) is 6.92 Å². The number of piperazine rings is 1. The summed E-state index contributed by atoms with van der Waals surface area (Å²) in [4.78, 5) is 9.18. The summed E-state index contributed by atoms with van der Waals surface area (Å²) in [6.45, 7) is 9.55. The molecule has 19 heavy (non-hydrogen) atoms. The zero-order chi connectivity index (χ0) is 13.7. The van der Waals surface area contributed by atoms with Crippen LogP contribution >= 0.6 is 0 Å². The van der Waals surface area contributed by atoms with Gasteiger partial charge in [-0.05, 0) is 25.0 Å². The number of rotatable bonds is 5. The highest BCUT2D eigenvalue weighted by atomic mass is 15.3. The number of aryl methyl sites for hydroxylation is 1. The molecule has 1 aliphatic rings. The Bertz CT molecular complexity index is 385. The summed E-state index contributed by atoms with van der Waals surface area (Å²) in [5.41, 5.74) is 8.49. The van der Waals surface area contributed by atoms with Crippen LogP contribution in [0.1, 0.15) is 25.3 Å². The number of hydrogen-bond acceptors (Lipinski definition) is 4. The Hall–Kier alpha value is -1.13. The highest BCUT2D eigenvalue weighted by Crippen LogP contribution is 2.20. The third-order valence-electron chi connectivity index (χ3n) is 4.06. The summed E-state index contributed by atoms with van der Waals surface area (Å²) in [6.07, 6.45) is 6.26. The van der Waals surface area contributed by atoms with Gasteiger partial charge in [-0.2, -0.15) is 0 Å². The number of nitrogens with two attached hydrogens (primary N) is 1. The number of aromatic nitrogens is 1. The van der Waals surface area contributed by atoms with Crippen molar-refractivity contribution in [2.75, 3.05) is 37.6 Å². The highest BCUT2D eigenvalue weighted by molar-refractivity contribution is 5.51. The van der Waals surface area contributed by atoms with E-state index in [0.717, 1.165) is 32.7 Å². The normalized spacial score (nSPS) is 18.6. The SMILES string of the molecule is CCCC(CN)N1CCN(c2ccncc2C)CC1. The predicted octanol–water partition coefficient (Wildman–Crippen LogP) is 1.64. The fraction of sp³-hybridized carbons (Fsp3) is 0.667. The molecule has 0 amide bonds. The van der Waals surface area contributed by atoms with Gasteiger partial charge < -0.3 is 10.6 Å². The van der Waals surface area contributed by atoms with Crippen molar-refractivity contribution < 1.29 is 0 Å². The predicted molar refractivity (Wildman–Crippen MR) is 80.5 cm³/mol. The molecule has 1 atom stereocenters. The molecular formula is C15H26N4. The van der Waals surface area contributed by atoms with Crippen molar-refractivity contribution in [3.05, 3.63) is 24.0 Å². The lowest BCUT2D eigenvalue weighted by Gasteiger charge is -2.40. The Morgan fingerprint density at radius 3 is 2.63 bits per heavy atom. The number of hydrogen-bond donors (Lipinski definition) is 1. The minimum Gasteiger partial charge on any atom is -0.369 e. The van der Waals surface area contributed by atoms with Crippen molar-refractivity contribution in [2.24, 2.45) is 5.73 Å². The second-order valence-corrected chi connectivity index (χ2v) is 5.36. The zero-order valence-electron chi connectivity index (χ0n) is 12.2. The fourth-order valence-electron chi connectivity index (χ4n) is 2.93. The quantitative estimate of drug-likeness (QED) is 0.876. The van der Waals surface area contributed by atoms with Gasteiger partial charge in [0.05, 0.1) is 0 Å². The van der Waals surface area contributed by atoms with E-state index in [1.165, 1.54) is 24.1 Å². The molecule has 1 aromatic rings. The van der Waals surface area contributed by atoms with Crippen LogP contribution in [0.4, 0.5) is 5.69 Å². The van der Waals surface area contributed by atoms with Crippen LogP contribution in [0.15, 0.2) is 18.5 Å². The molecule has 2 rings (SSSR count). The molecule has 2 N–H and O–H groups in total. The van der Waals surface area contributed by atoms with Gasteiger partial charge in [0.25, 0.3) is 0 Å². The Morgan fingerprint density at radius 1 is 1.32 bits per heavy atom. The highest BCUT2D eigenvalue weighted by Gasteiger charge is 2.23. The molecule has 1 saturated heterocycles. The maximum atomic E-state index is 5.90. The number of anilines is 1. The van der Waals surface area contributed by atoms with Gasteiger partial charge in [-0.25, -0.2) is 0 Å². The molecule has 0 spiro atoms. The summed E-state index contributed by atoms with van der Waals surface area (Å²) in [5, 5.41) is 0. The van der Waals surface area contributed by atoms with E-state index < -0.39 is 0 Å². The van der Waals surface area contributed by atoms with Gasteiger partial charge in [0.15, 0.2) is 0 Å². The number of pyridine rings is 1. The van der Waals surface area contributed by atoms with Gasteiger partial charge in [0.2, 0.25) is 0 Å². The molecule has 1 unspecified atom stereocenters. The van der Waals surface area contributed by atoms with E-state index >= 15 is 0 Å². The molecular weight excluding hydrogens is 236 g/mol. The first kappa shape index (κ1) is 14.3. The largest absolute Gasteiger partial charge is 0.369 e. The van der Waals surface area contributed by atoms with Gasteiger partial charge >= 0.3 is 0 Å². The summed E-state index contributed by atoms with van der Waals surface area (Å²) >= 11 is 0. The molecule has 0 saturated carbocycles. The monoisotopic (exact) mass is 262 g/mol. The molecule has 0 radical (unpaired) electrons. The van der Waals surface area contributed by atoms with E-state index in [1.807, 2.05) is 12.4 Å². The van der Waals surface area contributed by atoms with Crippen molar-refractivity contribution in [3.63, 3.8) is 0 Å². The molecule has 2 heterocycles. The van der Waals surface area contributed by atoms with Crippen LogP contribution in [0.5, 0.6) is 0 Å². The first-order valence-electron chi connectivity index (χ1n) is 7.36. The van der Waals surface area contributed by atoms with Gasteiger partial charge in [0.1, 0.15) is 0 Å². The van der Waals surface area contributed by atoms with Crippen molar-refractivity contribution >= 4 is 5.69 Å². The summed E-state index contributed by atoms with van der Waals surface area (Å²) in [6, 6.07) is 2.68. The zero-order valence-corrected chi connectivity index (χ0v) is 12.2. The standard InChI is InChI=1S/C15H26N4/c1-3-4-14(11-16)18-7-9-19(10-8-18)15-5-6-17-12-13(15)2/h5-6,12,14H,3-4,7-11,16H2,1-2H3. The van der Waals surface area contributed by atoms with Crippen LogP contribution in [0.25, 0.3) is 0 Å². The molecule has 0 aliphatic carbocycles. The lowest BCUT2D eigenvalue weighted by atomic mass is 10.1. The average Bonchev–Trinajstić information content (AvgIpc) is 2.46. The van der Waals surface area contributed by atoms with Crippen LogP contribution in [-0.4, -0.2) is 48.6 Å². The van der Waals surface area contributed by atoms with E-state index in [9.17, 15) is 0 Å². The first-order valence-corrected chi connectivity index (χ1v) is 7.36. The molecule has 1 aliphatic heterocycles. The van der Waals surface area contributed by atoms with Crippen molar-refractivity contribution in [2.45, 2.75) is 32.7 Å². The van der Waals surface area contributed by atoms with Crippen molar-refractivity contribution in [3.8, 4) is 0 Å². The average molecular weight is 262 g/mol. The summed E-state index contributed by atoms with van der Waals surface area (Å²) in [7, 11) is 0. The smallest absolute Gasteiger partial charge is 0.0427 e. The topological polar surface area (TPSA) is 45.4 Å². The lowest BCUT2D eigenvalue weighted by molar-refractivity contribution is 0.179. The molecule has 4 heteroatoms. The van der Waals surface area contributed by atoms with Gasteiger partial charge in [0, 0.05) is 56.8 Å². The Balaban J connectivity index is 1.94. The van der Waals surface area contributed by atoms with Crippen LogP contribution in [0.3, 0.4) is 0 Å². The first-order chi connectivity index (χ1) is 9.26. The van der Waals surface area contributed by atoms with Gasteiger partial charge in [-0.3, -0.25) is 9.88 Å².